The maximum absolute atomic E-state index is 11.2. The molecule has 0 fully saturated rings. The number of sulfone groups is 1. The predicted octanol–water partition coefficient (Wildman–Crippen LogP) is 2.89. The highest BCUT2D eigenvalue weighted by Crippen LogP contribution is 2.17. The van der Waals surface area contributed by atoms with Crippen LogP contribution < -0.4 is 0 Å². The molecule has 0 radical (unpaired) electrons. The van der Waals surface area contributed by atoms with Gasteiger partial charge in [-0.1, -0.05) is 34.1 Å². The molecule has 4 heteroatoms. The summed E-state index contributed by atoms with van der Waals surface area (Å²) in [7, 11) is -3.09. The maximum atomic E-state index is 11.2. The zero-order valence-corrected chi connectivity index (χ0v) is 11.1. The Morgan fingerprint density at radius 1 is 1.33 bits per heavy atom. The molecule has 1 aromatic carbocycles. The number of halogens is 1. The molecule has 15 heavy (non-hydrogen) atoms. The Morgan fingerprint density at radius 3 is 2.27 bits per heavy atom. The van der Waals surface area contributed by atoms with Gasteiger partial charge in [0.05, 0.1) is 4.90 Å². The van der Waals surface area contributed by atoms with Gasteiger partial charge in [0.25, 0.3) is 0 Å². The zero-order chi connectivity index (χ0) is 11.5. The summed E-state index contributed by atoms with van der Waals surface area (Å²) < 4.78 is 22.4. The van der Waals surface area contributed by atoms with Crippen LogP contribution in [0.2, 0.25) is 0 Å². The van der Waals surface area contributed by atoms with Crippen LogP contribution in [0.4, 0.5) is 0 Å². The molecule has 0 aromatic heterocycles. The number of alkyl halides is 1. The fraction of sp³-hybridized carbons (Fsp3) is 0.273. The van der Waals surface area contributed by atoms with E-state index in [1.165, 1.54) is 6.26 Å². The van der Waals surface area contributed by atoms with E-state index in [0.29, 0.717) is 4.90 Å². The van der Waals surface area contributed by atoms with Crippen molar-refractivity contribution >= 4 is 31.3 Å². The summed E-state index contributed by atoms with van der Waals surface area (Å²) in [6.45, 7) is 2.00. The maximum Gasteiger partial charge on any atom is 0.175 e. The largest absolute Gasteiger partial charge is 0.224 e. The number of allylic oxidation sites excluding steroid dienone is 2. The van der Waals surface area contributed by atoms with E-state index in [2.05, 4.69) is 15.9 Å². The summed E-state index contributed by atoms with van der Waals surface area (Å²) in [5.41, 5.74) is 2.17. The third-order valence-corrected chi connectivity index (χ3v) is 3.57. The standard InChI is InChI=1S/C11H13BrO2S/c1-9(7-8-12)10-3-5-11(6-4-10)15(2,13)14/h3-7H,8H2,1-2H3/b9-7+. The smallest absolute Gasteiger partial charge is 0.175 e. The van der Waals surface area contributed by atoms with Crippen molar-refractivity contribution in [1.29, 1.82) is 0 Å². The van der Waals surface area contributed by atoms with E-state index < -0.39 is 9.84 Å². The van der Waals surface area contributed by atoms with Crippen LogP contribution in [0, 0.1) is 0 Å². The van der Waals surface area contributed by atoms with Gasteiger partial charge in [-0.2, -0.15) is 0 Å². The van der Waals surface area contributed by atoms with Gasteiger partial charge in [-0.3, -0.25) is 0 Å². The summed E-state index contributed by atoms with van der Waals surface area (Å²) in [5.74, 6) is 0. The first-order chi connectivity index (χ1) is 6.95. The third kappa shape index (κ3) is 3.47. The van der Waals surface area contributed by atoms with Gasteiger partial charge >= 0.3 is 0 Å². The molecule has 0 heterocycles. The van der Waals surface area contributed by atoms with Crippen LogP contribution in [-0.4, -0.2) is 20.0 Å². The topological polar surface area (TPSA) is 34.1 Å². The van der Waals surface area contributed by atoms with E-state index in [4.69, 9.17) is 0 Å². The fourth-order valence-corrected chi connectivity index (χ4v) is 2.31. The third-order valence-electron chi connectivity index (χ3n) is 2.12. The molecule has 1 aromatic rings. The molecule has 0 aliphatic heterocycles. The van der Waals surface area contributed by atoms with Crippen molar-refractivity contribution in [3.05, 3.63) is 35.9 Å². The average Bonchev–Trinajstić information content (AvgIpc) is 2.17. The molecule has 82 valence electrons. The second-order valence-corrected chi connectivity index (χ2v) is 6.00. The van der Waals surface area contributed by atoms with Crippen molar-refractivity contribution in [2.75, 3.05) is 11.6 Å². The zero-order valence-electron chi connectivity index (χ0n) is 8.70. The van der Waals surface area contributed by atoms with Gasteiger partial charge in [-0.25, -0.2) is 8.42 Å². The first kappa shape index (κ1) is 12.5. The predicted molar refractivity (Wildman–Crippen MR) is 67.0 cm³/mol. The fourth-order valence-electron chi connectivity index (χ4n) is 1.20. The van der Waals surface area contributed by atoms with Gasteiger partial charge < -0.3 is 0 Å². The normalized spacial score (nSPS) is 12.9. The quantitative estimate of drug-likeness (QED) is 0.802. The SMILES string of the molecule is C/C(=C\CBr)c1ccc(S(C)(=O)=O)cc1. The van der Waals surface area contributed by atoms with Crippen LogP contribution in [-0.2, 0) is 9.84 Å². The van der Waals surface area contributed by atoms with E-state index >= 15 is 0 Å². The summed E-state index contributed by atoms with van der Waals surface area (Å²) in [6.07, 6.45) is 3.25. The van der Waals surface area contributed by atoms with Gasteiger partial charge in [0.15, 0.2) is 9.84 Å². The van der Waals surface area contributed by atoms with Crippen LogP contribution in [0.1, 0.15) is 12.5 Å². The molecule has 1 rings (SSSR count). The van der Waals surface area contributed by atoms with Gasteiger partial charge in [-0.15, -0.1) is 0 Å². The van der Waals surface area contributed by atoms with Gasteiger partial charge in [0.2, 0.25) is 0 Å². The van der Waals surface area contributed by atoms with Crippen LogP contribution in [0.3, 0.4) is 0 Å². The Kier molecular flexibility index (Phi) is 4.11. The van der Waals surface area contributed by atoms with E-state index in [9.17, 15) is 8.42 Å². The lowest BCUT2D eigenvalue weighted by molar-refractivity contribution is 0.602. The summed E-state index contributed by atoms with van der Waals surface area (Å²) in [5, 5.41) is 0.798. The van der Waals surface area contributed by atoms with E-state index in [0.717, 1.165) is 16.5 Å². The molecule has 0 saturated carbocycles. The minimum atomic E-state index is -3.09. The molecular weight excluding hydrogens is 276 g/mol. The summed E-state index contributed by atoms with van der Waals surface area (Å²) >= 11 is 3.32. The summed E-state index contributed by atoms with van der Waals surface area (Å²) in [4.78, 5) is 0.359. The Morgan fingerprint density at radius 2 is 1.87 bits per heavy atom. The minimum absolute atomic E-state index is 0.359. The van der Waals surface area contributed by atoms with Crippen molar-refractivity contribution in [3.8, 4) is 0 Å². The van der Waals surface area contributed by atoms with Crippen molar-refractivity contribution in [1.82, 2.24) is 0 Å². The highest BCUT2D eigenvalue weighted by atomic mass is 79.9. The van der Waals surface area contributed by atoms with Crippen molar-refractivity contribution < 1.29 is 8.42 Å². The second kappa shape index (κ2) is 4.94. The molecule has 0 amide bonds. The lowest BCUT2D eigenvalue weighted by atomic mass is 10.1. The average molecular weight is 289 g/mol. The molecule has 0 bridgehead atoms. The van der Waals surface area contributed by atoms with Crippen LogP contribution in [0.25, 0.3) is 5.57 Å². The molecule has 0 atom stereocenters. The van der Waals surface area contributed by atoms with Crippen molar-refractivity contribution in [2.24, 2.45) is 0 Å². The lowest BCUT2D eigenvalue weighted by Gasteiger charge is -2.02. The number of hydrogen-bond donors (Lipinski definition) is 0. The Balaban J connectivity index is 3.06. The molecule has 0 N–H and O–H groups in total. The second-order valence-electron chi connectivity index (χ2n) is 3.34. The number of hydrogen-bond acceptors (Lipinski definition) is 2. The molecule has 2 nitrogen and oxygen atoms in total. The molecule has 0 unspecified atom stereocenters. The first-order valence-corrected chi connectivity index (χ1v) is 7.49. The van der Waals surface area contributed by atoms with E-state index in [-0.39, 0.29) is 0 Å². The van der Waals surface area contributed by atoms with Crippen molar-refractivity contribution in [3.63, 3.8) is 0 Å². The van der Waals surface area contributed by atoms with E-state index in [1.54, 1.807) is 12.1 Å². The lowest BCUT2D eigenvalue weighted by Crippen LogP contribution is -1.96. The highest BCUT2D eigenvalue weighted by molar-refractivity contribution is 9.09. The van der Waals surface area contributed by atoms with Crippen LogP contribution in [0.5, 0.6) is 0 Å². The minimum Gasteiger partial charge on any atom is -0.224 e. The number of rotatable bonds is 3. The molecular formula is C11H13BrO2S. The monoisotopic (exact) mass is 288 g/mol. The van der Waals surface area contributed by atoms with E-state index in [1.807, 2.05) is 25.1 Å². The highest BCUT2D eigenvalue weighted by Gasteiger charge is 2.06. The summed E-state index contributed by atoms with van der Waals surface area (Å²) in [6, 6.07) is 6.92. The van der Waals surface area contributed by atoms with Gasteiger partial charge in [-0.05, 0) is 30.2 Å². The van der Waals surface area contributed by atoms with Gasteiger partial charge in [0.1, 0.15) is 0 Å². The molecule has 0 aliphatic rings. The molecule has 0 spiro atoms. The Bertz CT molecular complexity index is 458. The number of benzene rings is 1. The van der Waals surface area contributed by atoms with Crippen LogP contribution >= 0.6 is 15.9 Å². The van der Waals surface area contributed by atoms with Gasteiger partial charge in [0, 0.05) is 11.6 Å². The first-order valence-electron chi connectivity index (χ1n) is 4.48. The Hall–Kier alpha value is -0.610. The molecule has 0 saturated heterocycles. The van der Waals surface area contributed by atoms with Crippen LogP contribution in [0.15, 0.2) is 35.2 Å². The molecule has 0 aliphatic carbocycles. The Labute approximate surface area is 99.1 Å². The van der Waals surface area contributed by atoms with Crippen molar-refractivity contribution in [2.45, 2.75) is 11.8 Å².